The standard InChI is InChI=1S/C34H32N4O6S/c1-43-29-5-3-2-4-28(29)38-16-14-37(15-17-38)13-12-35-34(45)36-21-6-9-24(27(18-21)33(41)42)32-25-10-7-22(39)19-30(25)44-31-20-23(40)8-11-26(31)32/h2-11,18-20,39H,12-17H2,1H3,(H,41,42)(H2,35,36,45). The number of nitrogens with one attached hydrogen (secondary N) is 2. The van der Waals surface area contributed by atoms with Gasteiger partial charge in [0.25, 0.3) is 0 Å². The van der Waals surface area contributed by atoms with Crippen molar-refractivity contribution in [3.8, 4) is 33.9 Å². The van der Waals surface area contributed by atoms with Gasteiger partial charge in [-0.15, -0.1) is 0 Å². The van der Waals surface area contributed by atoms with Crippen LogP contribution in [0.15, 0.2) is 88.1 Å². The minimum atomic E-state index is -1.12. The molecule has 1 fully saturated rings. The molecule has 0 unspecified atom stereocenters. The molecule has 3 aromatic carbocycles. The number of methoxy groups -OCH3 is 1. The molecule has 0 saturated carbocycles. The molecule has 6 rings (SSSR count). The Kier molecular flexibility index (Phi) is 8.54. The molecule has 10 nitrogen and oxygen atoms in total. The fraction of sp³-hybridized carbons (Fsp3) is 0.206. The summed E-state index contributed by atoms with van der Waals surface area (Å²) in [5.74, 6) is 0.0352. The molecule has 3 aliphatic rings. The molecular weight excluding hydrogens is 592 g/mol. The van der Waals surface area contributed by atoms with Crippen molar-refractivity contribution in [2.45, 2.75) is 0 Å². The summed E-state index contributed by atoms with van der Waals surface area (Å²) in [6.07, 6.45) is 0. The first-order valence-electron chi connectivity index (χ1n) is 14.5. The van der Waals surface area contributed by atoms with Gasteiger partial charge < -0.3 is 34.9 Å². The monoisotopic (exact) mass is 624 g/mol. The maximum absolute atomic E-state index is 12.5. The first-order chi connectivity index (χ1) is 21.8. The third-order valence-corrected chi connectivity index (χ3v) is 8.21. The van der Waals surface area contributed by atoms with Crippen LogP contribution in [-0.2, 0) is 0 Å². The molecule has 0 radical (unpaired) electrons. The van der Waals surface area contributed by atoms with Gasteiger partial charge in [-0.05, 0) is 66.3 Å². The van der Waals surface area contributed by atoms with E-state index in [1.54, 1.807) is 31.4 Å². The number of hydrogen-bond acceptors (Lipinski definition) is 8. The summed E-state index contributed by atoms with van der Waals surface area (Å²) in [5, 5.41) is 27.6. The molecule has 1 aliphatic carbocycles. The fourth-order valence-corrected chi connectivity index (χ4v) is 5.99. The second-order valence-corrected chi connectivity index (χ2v) is 11.2. The number of ether oxygens (including phenoxy) is 1. The molecule has 45 heavy (non-hydrogen) atoms. The molecule has 4 N–H and O–H groups in total. The SMILES string of the molecule is COc1ccccc1N1CCN(CCNC(=S)Nc2ccc(-c3c4ccc(=O)cc-4oc4cc(O)ccc34)c(C(=O)O)c2)CC1. The van der Waals surface area contributed by atoms with Crippen molar-refractivity contribution in [1.82, 2.24) is 10.2 Å². The summed E-state index contributed by atoms with van der Waals surface area (Å²) >= 11 is 5.52. The quantitative estimate of drug-likeness (QED) is 0.136. The summed E-state index contributed by atoms with van der Waals surface area (Å²) in [6.45, 7) is 5.05. The van der Waals surface area contributed by atoms with E-state index in [0.717, 1.165) is 44.2 Å². The number of fused-ring (bicyclic) bond motifs is 2. The molecule has 0 atom stereocenters. The van der Waals surface area contributed by atoms with Crippen LogP contribution >= 0.6 is 12.2 Å². The van der Waals surface area contributed by atoms with Crippen LogP contribution in [0.5, 0.6) is 11.5 Å². The first-order valence-corrected chi connectivity index (χ1v) is 14.9. The van der Waals surface area contributed by atoms with Gasteiger partial charge in [0.05, 0.1) is 18.4 Å². The van der Waals surface area contributed by atoms with Crippen LogP contribution in [0.3, 0.4) is 0 Å². The van der Waals surface area contributed by atoms with Gasteiger partial charge in [0, 0.05) is 73.6 Å². The van der Waals surface area contributed by atoms with Crippen molar-refractivity contribution < 1.29 is 24.2 Å². The minimum Gasteiger partial charge on any atom is -0.508 e. The van der Waals surface area contributed by atoms with E-state index in [1.807, 2.05) is 18.2 Å². The number of carboxylic acid groups (broad SMARTS) is 1. The van der Waals surface area contributed by atoms with E-state index in [2.05, 4.69) is 26.5 Å². The Morgan fingerprint density at radius 3 is 2.53 bits per heavy atom. The predicted molar refractivity (Wildman–Crippen MR) is 179 cm³/mol. The number of carboxylic acids is 1. The lowest BCUT2D eigenvalue weighted by molar-refractivity contribution is 0.0697. The summed E-state index contributed by atoms with van der Waals surface area (Å²) in [7, 11) is 1.69. The van der Waals surface area contributed by atoms with Crippen LogP contribution in [0.2, 0.25) is 0 Å². The van der Waals surface area contributed by atoms with Crippen molar-refractivity contribution in [2.24, 2.45) is 0 Å². The van der Waals surface area contributed by atoms with Gasteiger partial charge >= 0.3 is 5.97 Å². The van der Waals surface area contributed by atoms with Crippen LogP contribution in [-0.4, -0.2) is 72.6 Å². The zero-order valence-corrected chi connectivity index (χ0v) is 25.4. The molecule has 2 aliphatic heterocycles. The highest BCUT2D eigenvalue weighted by Gasteiger charge is 2.23. The Balaban J connectivity index is 1.14. The van der Waals surface area contributed by atoms with Crippen molar-refractivity contribution >= 4 is 45.6 Å². The van der Waals surface area contributed by atoms with Gasteiger partial charge in [0.1, 0.15) is 22.8 Å². The molecule has 0 spiro atoms. The third-order valence-electron chi connectivity index (χ3n) is 7.97. The van der Waals surface area contributed by atoms with Crippen LogP contribution < -0.4 is 25.7 Å². The van der Waals surface area contributed by atoms with Crippen molar-refractivity contribution in [2.75, 3.05) is 56.6 Å². The normalized spacial score (nSPS) is 13.6. The maximum atomic E-state index is 12.5. The van der Waals surface area contributed by atoms with Crippen LogP contribution in [0.25, 0.3) is 33.4 Å². The summed E-state index contributed by atoms with van der Waals surface area (Å²) < 4.78 is 11.4. The number of para-hydroxylation sites is 2. The lowest BCUT2D eigenvalue weighted by Crippen LogP contribution is -2.48. The summed E-state index contributed by atoms with van der Waals surface area (Å²) in [6, 6.07) is 22.1. The number of thiocarbonyl (C=S) groups is 1. The highest BCUT2D eigenvalue weighted by atomic mass is 32.1. The van der Waals surface area contributed by atoms with Gasteiger partial charge in [0.15, 0.2) is 10.5 Å². The van der Waals surface area contributed by atoms with Gasteiger partial charge in [0.2, 0.25) is 0 Å². The second-order valence-electron chi connectivity index (χ2n) is 10.8. The van der Waals surface area contributed by atoms with Crippen molar-refractivity contribution in [3.05, 3.63) is 94.6 Å². The Labute approximate surface area is 264 Å². The van der Waals surface area contributed by atoms with Crippen LogP contribution in [0, 0.1) is 0 Å². The highest BCUT2D eigenvalue weighted by molar-refractivity contribution is 7.80. The molecule has 0 bridgehead atoms. The third kappa shape index (κ3) is 6.40. The molecular formula is C34H32N4O6S. The maximum Gasteiger partial charge on any atom is 0.336 e. The van der Waals surface area contributed by atoms with Gasteiger partial charge in [-0.3, -0.25) is 9.69 Å². The molecule has 1 saturated heterocycles. The summed E-state index contributed by atoms with van der Waals surface area (Å²) in [5.41, 5.74) is 3.36. The zero-order valence-electron chi connectivity index (χ0n) is 24.6. The van der Waals surface area contributed by atoms with E-state index in [0.29, 0.717) is 50.8 Å². The Bertz CT molecular complexity index is 1920. The number of benzene rings is 4. The average molecular weight is 625 g/mol. The number of nitrogens with zero attached hydrogens (tertiary/aromatic N) is 2. The Hall–Kier alpha value is -5.13. The first kappa shape index (κ1) is 29.9. The number of hydrogen-bond donors (Lipinski definition) is 4. The van der Waals surface area contributed by atoms with E-state index in [4.69, 9.17) is 21.4 Å². The molecule has 230 valence electrons. The molecule has 0 amide bonds. The number of carbonyl (C=O) groups is 1. The second kappa shape index (κ2) is 12.8. The topological polar surface area (TPSA) is 128 Å². The number of phenolic OH excluding ortho intramolecular Hbond substituents is 1. The van der Waals surface area contributed by atoms with Crippen molar-refractivity contribution in [1.29, 1.82) is 0 Å². The van der Waals surface area contributed by atoms with Gasteiger partial charge in [-0.1, -0.05) is 18.2 Å². The molecule has 3 aromatic rings. The van der Waals surface area contributed by atoms with E-state index >= 15 is 0 Å². The average Bonchev–Trinajstić information content (AvgIpc) is 3.04. The smallest absolute Gasteiger partial charge is 0.336 e. The Morgan fingerprint density at radius 1 is 0.978 bits per heavy atom. The highest BCUT2D eigenvalue weighted by Crippen LogP contribution is 2.42. The molecule has 2 heterocycles. The lowest BCUT2D eigenvalue weighted by atomic mass is 9.90. The number of aromatic hydroxyl groups is 1. The van der Waals surface area contributed by atoms with E-state index < -0.39 is 5.97 Å². The van der Waals surface area contributed by atoms with E-state index in [-0.39, 0.29) is 16.7 Å². The molecule has 0 aromatic heterocycles. The molecule has 11 heteroatoms. The predicted octanol–water partition coefficient (Wildman–Crippen LogP) is 5.09. The zero-order chi connectivity index (χ0) is 31.5. The lowest BCUT2D eigenvalue weighted by Gasteiger charge is -2.36. The van der Waals surface area contributed by atoms with Crippen LogP contribution in [0.4, 0.5) is 11.4 Å². The van der Waals surface area contributed by atoms with E-state index in [1.165, 1.54) is 30.3 Å². The number of piperazine rings is 1. The van der Waals surface area contributed by atoms with Crippen molar-refractivity contribution in [3.63, 3.8) is 0 Å². The van der Waals surface area contributed by atoms with Crippen LogP contribution in [0.1, 0.15) is 10.4 Å². The number of aromatic carboxylic acids is 1. The summed E-state index contributed by atoms with van der Waals surface area (Å²) in [4.78, 5) is 29.3. The Morgan fingerprint density at radius 2 is 1.76 bits per heavy atom. The van der Waals surface area contributed by atoms with E-state index in [9.17, 15) is 19.8 Å². The van der Waals surface area contributed by atoms with Gasteiger partial charge in [-0.2, -0.15) is 0 Å². The number of rotatable bonds is 8. The van der Waals surface area contributed by atoms with Gasteiger partial charge in [-0.25, -0.2) is 4.79 Å². The number of phenols is 1. The number of anilines is 2. The largest absolute Gasteiger partial charge is 0.508 e. The minimum absolute atomic E-state index is 0.0102. The fourth-order valence-electron chi connectivity index (χ4n) is 5.77.